The third-order valence-electron chi connectivity index (χ3n) is 9.45. The van der Waals surface area contributed by atoms with Crippen molar-refractivity contribution in [3.63, 3.8) is 0 Å². The van der Waals surface area contributed by atoms with Crippen LogP contribution in [-0.4, -0.2) is 70.8 Å². The van der Waals surface area contributed by atoms with Gasteiger partial charge in [0.05, 0.1) is 23.4 Å². The predicted octanol–water partition coefficient (Wildman–Crippen LogP) is 5.73. The number of benzene rings is 2. The number of fused-ring (bicyclic) bond motifs is 3. The number of aromatic nitrogens is 3. The Labute approximate surface area is 249 Å². The number of halogens is 2. The number of likely N-dealkylation sites (N-methyl/N-ethyl adjacent to an activating group) is 1. The molecule has 3 aliphatic rings. The number of nitrogens with zero attached hydrogens (tertiary/aromatic N) is 6. The highest BCUT2D eigenvalue weighted by molar-refractivity contribution is 6.36. The Balaban J connectivity index is 1.33. The van der Waals surface area contributed by atoms with Gasteiger partial charge in [0.2, 0.25) is 0 Å². The number of pyridine rings is 1. The molecule has 2 atom stereocenters. The highest BCUT2D eigenvalue weighted by atomic mass is 35.5. The van der Waals surface area contributed by atoms with Crippen molar-refractivity contribution in [3.05, 3.63) is 53.4 Å². The van der Waals surface area contributed by atoms with Crippen molar-refractivity contribution < 1.29 is 9.13 Å². The van der Waals surface area contributed by atoms with E-state index in [1.54, 1.807) is 12.3 Å². The normalized spacial score (nSPS) is 21.6. The van der Waals surface area contributed by atoms with Gasteiger partial charge in [-0.25, -0.2) is 4.39 Å². The first-order chi connectivity index (χ1) is 20.5. The molecule has 4 aromatic rings. The van der Waals surface area contributed by atoms with Crippen molar-refractivity contribution >= 4 is 39.1 Å². The average molecular weight is 586 g/mol. The van der Waals surface area contributed by atoms with E-state index in [2.05, 4.69) is 26.3 Å². The van der Waals surface area contributed by atoms with E-state index in [4.69, 9.17) is 21.3 Å². The molecule has 0 aliphatic carbocycles. The van der Waals surface area contributed by atoms with Gasteiger partial charge in [-0.15, -0.1) is 0 Å². The quantitative estimate of drug-likeness (QED) is 0.294. The van der Waals surface area contributed by atoms with Crippen LogP contribution in [0, 0.1) is 17.1 Å². The van der Waals surface area contributed by atoms with Gasteiger partial charge in [0.25, 0.3) is 0 Å². The molecule has 7 rings (SSSR count). The molecule has 0 unspecified atom stereocenters. The molecular weight excluding hydrogens is 553 g/mol. The second-order valence-corrected chi connectivity index (χ2v) is 12.2. The monoisotopic (exact) mass is 585 g/mol. The standard InChI is InChI=1S/C32H33ClFN7O/c1-40(22-16-21(10-13-35)36-17-22)30-24-18-37-28(23-8-2-6-20-7-3-9-25(33)26(20)23)27(34)29(24)38-31(39-30)42-19-32-11-4-14-41(32)15-5-12-32/h2-3,6-9,18,21-22,36H,4-5,10-12,14-17,19H2,1H3/t21-,22-/m1/s1. The van der Waals surface area contributed by atoms with Gasteiger partial charge in [-0.2, -0.15) is 15.2 Å². The summed E-state index contributed by atoms with van der Waals surface area (Å²) < 4.78 is 23.0. The first kappa shape index (κ1) is 27.3. The first-order valence-electron chi connectivity index (χ1n) is 14.7. The van der Waals surface area contributed by atoms with E-state index >= 15 is 4.39 Å². The third kappa shape index (κ3) is 4.62. The summed E-state index contributed by atoms with van der Waals surface area (Å²) in [5.41, 5.74) is 0.973. The summed E-state index contributed by atoms with van der Waals surface area (Å²) >= 11 is 6.60. The fourth-order valence-electron chi connectivity index (χ4n) is 7.23. The van der Waals surface area contributed by atoms with Crippen molar-refractivity contribution in [1.29, 1.82) is 5.26 Å². The first-order valence-corrected chi connectivity index (χ1v) is 15.1. The SMILES string of the molecule is CN(c1nc(OCC23CCCN2CCC3)nc2c(F)c(-c3cccc4cccc(Cl)c34)ncc12)[C@H]1CN[C@H](CC#N)C1. The van der Waals surface area contributed by atoms with E-state index in [1.807, 2.05) is 42.3 Å². The molecule has 3 saturated heterocycles. The average Bonchev–Trinajstić information content (AvgIpc) is 3.72. The van der Waals surface area contributed by atoms with Crippen LogP contribution in [-0.2, 0) is 0 Å². The van der Waals surface area contributed by atoms with E-state index in [1.165, 1.54) is 0 Å². The number of ether oxygens (including phenoxy) is 1. The van der Waals surface area contributed by atoms with E-state index in [-0.39, 0.29) is 34.8 Å². The van der Waals surface area contributed by atoms with Crippen molar-refractivity contribution in [2.75, 3.05) is 38.2 Å². The summed E-state index contributed by atoms with van der Waals surface area (Å²) in [4.78, 5) is 18.7. The van der Waals surface area contributed by atoms with Gasteiger partial charge in [0, 0.05) is 47.8 Å². The van der Waals surface area contributed by atoms with Crippen LogP contribution >= 0.6 is 11.6 Å². The zero-order valence-electron chi connectivity index (χ0n) is 23.6. The fourth-order valence-corrected chi connectivity index (χ4v) is 7.51. The van der Waals surface area contributed by atoms with Crippen LogP contribution in [0.25, 0.3) is 32.9 Å². The van der Waals surface area contributed by atoms with Crippen LogP contribution in [0.1, 0.15) is 38.5 Å². The minimum atomic E-state index is -0.532. The number of hydrogen-bond donors (Lipinski definition) is 1. The predicted molar refractivity (Wildman–Crippen MR) is 162 cm³/mol. The maximum atomic E-state index is 16.6. The highest BCUT2D eigenvalue weighted by Gasteiger charge is 2.45. The molecule has 0 bridgehead atoms. The van der Waals surface area contributed by atoms with Crippen molar-refractivity contribution in [2.24, 2.45) is 0 Å². The van der Waals surface area contributed by atoms with Crippen LogP contribution in [0.4, 0.5) is 10.2 Å². The minimum Gasteiger partial charge on any atom is -0.461 e. The number of hydrogen-bond acceptors (Lipinski definition) is 8. The molecule has 3 aliphatic heterocycles. The molecule has 2 aromatic heterocycles. The lowest BCUT2D eigenvalue weighted by molar-refractivity contribution is 0.108. The molecule has 0 spiro atoms. The van der Waals surface area contributed by atoms with Crippen molar-refractivity contribution in [1.82, 2.24) is 25.2 Å². The number of anilines is 1. The van der Waals surface area contributed by atoms with Gasteiger partial charge in [-0.1, -0.05) is 41.9 Å². The van der Waals surface area contributed by atoms with Gasteiger partial charge < -0.3 is 15.0 Å². The lowest BCUT2D eigenvalue weighted by Gasteiger charge is -2.31. The molecule has 8 nitrogen and oxygen atoms in total. The Morgan fingerprint density at radius 3 is 2.76 bits per heavy atom. The summed E-state index contributed by atoms with van der Waals surface area (Å²) in [7, 11) is 1.96. The minimum absolute atomic E-state index is 0.00588. The number of nitriles is 1. The maximum Gasteiger partial charge on any atom is 0.319 e. The van der Waals surface area contributed by atoms with Crippen molar-refractivity contribution in [2.45, 2.75) is 56.1 Å². The molecule has 0 saturated carbocycles. The van der Waals surface area contributed by atoms with Crippen LogP contribution in [0.15, 0.2) is 42.6 Å². The number of rotatable bonds is 7. The van der Waals surface area contributed by atoms with Gasteiger partial charge in [0.15, 0.2) is 5.82 Å². The maximum absolute atomic E-state index is 16.6. The topological polar surface area (TPSA) is 90.2 Å². The molecule has 216 valence electrons. The summed E-state index contributed by atoms with van der Waals surface area (Å²) in [6, 6.07) is 13.9. The van der Waals surface area contributed by atoms with E-state index in [9.17, 15) is 5.26 Å². The molecular formula is C32H33ClFN7O. The van der Waals surface area contributed by atoms with Crippen molar-refractivity contribution in [3.8, 4) is 23.3 Å². The summed E-state index contributed by atoms with van der Waals surface area (Å²) in [6.45, 7) is 3.36. The van der Waals surface area contributed by atoms with Crippen LogP contribution in [0.2, 0.25) is 5.02 Å². The smallest absolute Gasteiger partial charge is 0.319 e. The molecule has 1 N–H and O–H groups in total. The molecule has 5 heterocycles. The van der Waals surface area contributed by atoms with Gasteiger partial charge in [-0.05, 0) is 56.6 Å². The molecule has 2 aromatic carbocycles. The van der Waals surface area contributed by atoms with Gasteiger partial charge in [-0.3, -0.25) is 9.88 Å². The largest absolute Gasteiger partial charge is 0.461 e. The second-order valence-electron chi connectivity index (χ2n) is 11.8. The van der Waals surface area contributed by atoms with E-state index in [0.29, 0.717) is 41.4 Å². The fraction of sp³-hybridized carbons (Fsp3) is 0.438. The summed E-state index contributed by atoms with van der Waals surface area (Å²) in [5.74, 6) is 0.0377. The van der Waals surface area contributed by atoms with E-state index in [0.717, 1.165) is 56.0 Å². The second kappa shape index (κ2) is 10.9. The zero-order valence-corrected chi connectivity index (χ0v) is 24.4. The molecule has 10 heteroatoms. The Kier molecular flexibility index (Phi) is 7.09. The van der Waals surface area contributed by atoms with E-state index < -0.39 is 5.82 Å². The molecule has 3 fully saturated rings. The van der Waals surface area contributed by atoms with Gasteiger partial charge in [0.1, 0.15) is 23.6 Å². The zero-order chi connectivity index (χ0) is 28.8. The molecule has 0 radical (unpaired) electrons. The van der Waals surface area contributed by atoms with Gasteiger partial charge >= 0.3 is 6.01 Å². The van der Waals surface area contributed by atoms with Crippen LogP contribution < -0.4 is 15.0 Å². The highest BCUT2D eigenvalue weighted by Crippen LogP contribution is 2.40. The lowest BCUT2D eigenvalue weighted by atomic mass is 9.95. The lowest BCUT2D eigenvalue weighted by Crippen LogP contribution is -2.43. The summed E-state index contributed by atoms with van der Waals surface area (Å²) in [6.07, 6.45) is 7.37. The number of nitrogens with one attached hydrogen (secondary N) is 1. The Morgan fingerprint density at radius 2 is 1.98 bits per heavy atom. The Hall–Kier alpha value is -3.58. The van der Waals surface area contributed by atoms with Crippen LogP contribution in [0.3, 0.4) is 0 Å². The summed E-state index contributed by atoms with van der Waals surface area (Å²) in [5, 5.41) is 15.3. The molecule has 0 amide bonds. The third-order valence-corrected chi connectivity index (χ3v) is 9.77. The molecule has 42 heavy (non-hydrogen) atoms. The van der Waals surface area contributed by atoms with Crippen LogP contribution in [0.5, 0.6) is 6.01 Å². The Morgan fingerprint density at radius 1 is 1.19 bits per heavy atom. The Bertz CT molecular complexity index is 1690.